The van der Waals surface area contributed by atoms with Crippen molar-refractivity contribution in [1.82, 2.24) is 10.1 Å². The molecule has 5 heteroatoms. The van der Waals surface area contributed by atoms with Crippen molar-refractivity contribution in [3.8, 4) is 0 Å². The number of para-hydroxylation sites is 1. The molecule has 1 fully saturated rings. The Labute approximate surface area is 122 Å². The lowest BCUT2D eigenvalue weighted by atomic mass is 10.1. The van der Waals surface area contributed by atoms with Gasteiger partial charge in [-0.1, -0.05) is 30.6 Å². The topological polar surface area (TPSA) is 46.3 Å². The summed E-state index contributed by atoms with van der Waals surface area (Å²) in [5, 5.41) is 5.33. The second kappa shape index (κ2) is 5.87. The molecule has 2 aromatic rings. The minimum atomic E-state index is 0.160. The average Bonchev–Trinajstić information content (AvgIpc) is 3.07. The molecule has 1 aliphatic heterocycles. The number of amides is 1. The fraction of sp³-hybridized carbons (Fsp3) is 0.467. The molecule has 1 aromatic carbocycles. The number of fused-ring (bicyclic) bond motifs is 1. The van der Waals surface area contributed by atoms with E-state index in [-0.39, 0.29) is 5.91 Å². The van der Waals surface area contributed by atoms with Crippen LogP contribution in [-0.2, 0) is 11.2 Å². The number of aromatic nitrogens is 1. The summed E-state index contributed by atoms with van der Waals surface area (Å²) in [5.74, 6) is 1.20. The van der Waals surface area contributed by atoms with Gasteiger partial charge >= 0.3 is 0 Å². The Morgan fingerprint density at radius 2 is 2.35 bits per heavy atom. The Morgan fingerprint density at radius 3 is 3.20 bits per heavy atom. The van der Waals surface area contributed by atoms with Crippen LogP contribution in [-0.4, -0.2) is 33.6 Å². The van der Waals surface area contributed by atoms with E-state index in [0.717, 1.165) is 41.8 Å². The molecule has 0 aliphatic carbocycles. The molecule has 1 saturated heterocycles. The summed E-state index contributed by atoms with van der Waals surface area (Å²) in [6.45, 7) is 3.01. The minimum Gasteiger partial charge on any atom is -0.356 e. The highest BCUT2D eigenvalue weighted by Crippen LogP contribution is 2.28. The SMILES string of the molecule is CCCC1SCCN1C(=O)Cc1noc2ccccc12. The first-order valence-corrected chi connectivity index (χ1v) is 8.09. The van der Waals surface area contributed by atoms with Gasteiger partial charge < -0.3 is 9.42 Å². The zero-order chi connectivity index (χ0) is 13.9. The molecule has 3 rings (SSSR count). The van der Waals surface area contributed by atoms with Gasteiger partial charge in [0.05, 0.1) is 11.8 Å². The first-order valence-electron chi connectivity index (χ1n) is 7.04. The lowest BCUT2D eigenvalue weighted by Crippen LogP contribution is -2.35. The van der Waals surface area contributed by atoms with Crippen molar-refractivity contribution in [2.45, 2.75) is 31.6 Å². The van der Waals surface area contributed by atoms with Crippen molar-refractivity contribution in [2.75, 3.05) is 12.3 Å². The summed E-state index contributed by atoms with van der Waals surface area (Å²) >= 11 is 1.88. The van der Waals surface area contributed by atoms with Crippen molar-refractivity contribution in [3.05, 3.63) is 30.0 Å². The molecule has 0 N–H and O–H groups in total. The Balaban J connectivity index is 1.75. The first-order chi connectivity index (χ1) is 9.79. The summed E-state index contributed by atoms with van der Waals surface area (Å²) in [6, 6.07) is 7.69. The van der Waals surface area contributed by atoms with Crippen LogP contribution in [0.3, 0.4) is 0 Å². The van der Waals surface area contributed by atoms with Crippen LogP contribution in [0.5, 0.6) is 0 Å². The molecule has 1 unspecified atom stereocenters. The molecule has 1 aromatic heterocycles. The summed E-state index contributed by atoms with van der Waals surface area (Å²) in [4.78, 5) is 14.5. The fourth-order valence-electron chi connectivity index (χ4n) is 2.60. The van der Waals surface area contributed by atoms with Gasteiger partial charge in [-0.2, -0.15) is 0 Å². The highest BCUT2D eigenvalue weighted by molar-refractivity contribution is 8.00. The summed E-state index contributed by atoms with van der Waals surface area (Å²) in [7, 11) is 0. The van der Waals surface area contributed by atoms with Crippen molar-refractivity contribution in [1.29, 1.82) is 0 Å². The molecule has 0 spiro atoms. The van der Waals surface area contributed by atoms with E-state index >= 15 is 0 Å². The number of rotatable bonds is 4. The van der Waals surface area contributed by atoms with E-state index in [1.165, 1.54) is 0 Å². The average molecular weight is 290 g/mol. The van der Waals surface area contributed by atoms with E-state index in [1.807, 2.05) is 40.9 Å². The maximum absolute atomic E-state index is 12.5. The monoisotopic (exact) mass is 290 g/mol. The predicted molar refractivity (Wildman–Crippen MR) is 80.6 cm³/mol. The zero-order valence-electron chi connectivity index (χ0n) is 11.5. The lowest BCUT2D eigenvalue weighted by molar-refractivity contribution is -0.130. The van der Waals surface area contributed by atoms with E-state index in [0.29, 0.717) is 11.8 Å². The highest BCUT2D eigenvalue weighted by Gasteiger charge is 2.29. The fourth-order valence-corrected chi connectivity index (χ4v) is 3.98. The van der Waals surface area contributed by atoms with Gasteiger partial charge in [-0.3, -0.25) is 4.79 Å². The third-order valence-corrected chi connectivity index (χ3v) is 4.91. The Kier molecular flexibility index (Phi) is 3.96. The molecular formula is C15H18N2O2S. The van der Waals surface area contributed by atoms with Crippen LogP contribution in [0.25, 0.3) is 11.0 Å². The van der Waals surface area contributed by atoms with E-state index in [9.17, 15) is 4.79 Å². The molecule has 4 nitrogen and oxygen atoms in total. The smallest absolute Gasteiger partial charge is 0.229 e. The highest BCUT2D eigenvalue weighted by atomic mass is 32.2. The van der Waals surface area contributed by atoms with Crippen molar-refractivity contribution >= 4 is 28.6 Å². The second-order valence-corrected chi connectivity index (χ2v) is 6.29. The van der Waals surface area contributed by atoms with E-state index < -0.39 is 0 Å². The van der Waals surface area contributed by atoms with Crippen LogP contribution >= 0.6 is 11.8 Å². The summed E-state index contributed by atoms with van der Waals surface area (Å²) in [5.41, 5.74) is 1.49. The van der Waals surface area contributed by atoms with Gasteiger partial charge in [0.15, 0.2) is 5.58 Å². The van der Waals surface area contributed by atoms with Gasteiger partial charge in [0.25, 0.3) is 0 Å². The van der Waals surface area contributed by atoms with E-state index in [2.05, 4.69) is 12.1 Å². The van der Waals surface area contributed by atoms with E-state index in [1.54, 1.807) is 0 Å². The Bertz CT molecular complexity index is 611. The van der Waals surface area contributed by atoms with Crippen molar-refractivity contribution in [2.24, 2.45) is 0 Å². The summed E-state index contributed by atoms with van der Waals surface area (Å²) < 4.78 is 5.26. The van der Waals surface area contributed by atoms with Crippen molar-refractivity contribution < 1.29 is 9.32 Å². The van der Waals surface area contributed by atoms with Gasteiger partial charge in [0.1, 0.15) is 5.69 Å². The minimum absolute atomic E-state index is 0.160. The van der Waals surface area contributed by atoms with Crippen LogP contribution in [0.4, 0.5) is 0 Å². The van der Waals surface area contributed by atoms with Gasteiger partial charge in [-0.15, -0.1) is 11.8 Å². The third kappa shape index (κ3) is 2.54. The molecule has 1 amide bonds. The van der Waals surface area contributed by atoms with Gasteiger partial charge in [0, 0.05) is 17.7 Å². The van der Waals surface area contributed by atoms with Gasteiger partial charge in [0.2, 0.25) is 5.91 Å². The molecular weight excluding hydrogens is 272 g/mol. The normalized spacial score (nSPS) is 18.9. The maximum atomic E-state index is 12.5. The summed E-state index contributed by atoms with van der Waals surface area (Å²) in [6.07, 6.45) is 2.50. The molecule has 0 bridgehead atoms. The second-order valence-electron chi connectivity index (χ2n) is 5.00. The standard InChI is InChI=1S/C15H18N2O2S/c1-2-5-15-17(8-9-20-15)14(18)10-12-11-6-3-4-7-13(11)19-16-12/h3-4,6-7,15H,2,5,8-10H2,1H3. The predicted octanol–water partition coefficient (Wildman–Crippen LogP) is 3.07. The van der Waals surface area contributed by atoms with Crippen LogP contribution in [0.1, 0.15) is 25.5 Å². The molecule has 20 heavy (non-hydrogen) atoms. The molecule has 2 heterocycles. The third-order valence-electron chi connectivity index (χ3n) is 3.62. The largest absolute Gasteiger partial charge is 0.356 e. The maximum Gasteiger partial charge on any atom is 0.229 e. The lowest BCUT2D eigenvalue weighted by Gasteiger charge is -2.23. The number of thioether (sulfide) groups is 1. The molecule has 1 atom stereocenters. The zero-order valence-corrected chi connectivity index (χ0v) is 12.4. The number of nitrogens with zero attached hydrogens (tertiary/aromatic N) is 2. The molecule has 0 radical (unpaired) electrons. The molecule has 0 saturated carbocycles. The van der Waals surface area contributed by atoms with Gasteiger partial charge in [-0.25, -0.2) is 0 Å². The number of hydrogen-bond acceptors (Lipinski definition) is 4. The first kappa shape index (κ1) is 13.5. The van der Waals surface area contributed by atoms with Crippen LogP contribution in [0.2, 0.25) is 0 Å². The Hall–Kier alpha value is -1.49. The quantitative estimate of drug-likeness (QED) is 0.868. The van der Waals surface area contributed by atoms with Crippen LogP contribution in [0, 0.1) is 0 Å². The number of hydrogen-bond donors (Lipinski definition) is 0. The van der Waals surface area contributed by atoms with Gasteiger partial charge in [-0.05, 0) is 18.6 Å². The molecule has 1 aliphatic rings. The van der Waals surface area contributed by atoms with Crippen LogP contribution in [0.15, 0.2) is 28.8 Å². The van der Waals surface area contributed by atoms with Crippen molar-refractivity contribution in [3.63, 3.8) is 0 Å². The van der Waals surface area contributed by atoms with Crippen LogP contribution < -0.4 is 0 Å². The number of carbonyl (C=O) groups is 1. The molecule has 106 valence electrons. The number of carbonyl (C=O) groups excluding carboxylic acids is 1. The Morgan fingerprint density at radius 1 is 1.50 bits per heavy atom. The van der Waals surface area contributed by atoms with E-state index in [4.69, 9.17) is 4.52 Å². The number of benzene rings is 1.